The zero-order chi connectivity index (χ0) is 19.0. The standard InChI is InChI=1S/C19H12BrN3O2S2/c20-14-7-3-1-6-13(14)17(24)22-23-18(25)16(27-19(23)26)9-11-10-21-15-8-4-2-5-12(11)15/h1-10,25H,(H,22,24). The number of aliphatic imine (C=N–C) groups is 1. The molecule has 0 saturated heterocycles. The average Bonchev–Trinajstić information content (AvgIpc) is 3.19. The summed E-state index contributed by atoms with van der Waals surface area (Å²) in [6.45, 7) is 0. The summed E-state index contributed by atoms with van der Waals surface area (Å²) in [5.41, 5.74) is 5.83. The Hall–Kier alpha value is -2.55. The highest BCUT2D eigenvalue weighted by Crippen LogP contribution is 2.35. The number of amides is 1. The van der Waals surface area contributed by atoms with Crippen molar-refractivity contribution in [3.63, 3.8) is 0 Å². The number of nitrogens with zero attached hydrogens (tertiary/aromatic N) is 2. The maximum atomic E-state index is 12.5. The van der Waals surface area contributed by atoms with E-state index in [4.69, 9.17) is 12.2 Å². The van der Waals surface area contributed by atoms with Crippen LogP contribution >= 0.6 is 39.5 Å². The van der Waals surface area contributed by atoms with Crippen molar-refractivity contribution in [1.29, 1.82) is 0 Å². The number of benzene rings is 2. The van der Waals surface area contributed by atoms with Crippen LogP contribution in [0.1, 0.15) is 20.8 Å². The Kier molecular flexibility index (Phi) is 4.77. The van der Waals surface area contributed by atoms with Crippen LogP contribution in [-0.4, -0.2) is 21.9 Å². The number of aromatic hydroxyl groups is 1. The SMILES string of the molecule is O=C(Nn1c(O)c(C=C2C=Nc3ccccc32)sc1=S)c1ccccc1Br. The summed E-state index contributed by atoms with van der Waals surface area (Å²) < 4.78 is 2.21. The quantitative estimate of drug-likeness (QED) is 0.518. The number of thiazole rings is 1. The molecule has 1 aliphatic heterocycles. The highest BCUT2D eigenvalue weighted by molar-refractivity contribution is 9.10. The second-order valence-corrected chi connectivity index (χ2v) is 8.22. The minimum absolute atomic E-state index is 0.115. The lowest BCUT2D eigenvalue weighted by Crippen LogP contribution is -2.22. The van der Waals surface area contributed by atoms with Gasteiger partial charge in [-0.15, -0.1) is 0 Å². The van der Waals surface area contributed by atoms with Crippen LogP contribution in [-0.2, 0) is 0 Å². The summed E-state index contributed by atoms with van der Waals surface area (Å²) in [7, 11) is 0. The molecule has 2 heterocycles. The number of fused-ring (bicyclic) bond motifs is 1. The zero-order valence-corrected chi connectivity index (χ0v) is 16.9. The molecule has 5 nitrogen and oxygen atoms in total. The van der Waals surface area contributed by atoms with E-state index in [0.717, 1.165) is 16.8 Å². The number of carbonyl (C=O) groups is 1. The molecule has 1 aromatic heterocycles. The van der Waals surface area contributed by atoms with E-state index in [0.29, 0.717) is 18.9 Å². The Balaban J connectivity index is 1.67. The summed E-state index contributed by atoms with van der Waals surface area (Å²) in [5, 5.41) is 10.6. The largest absolute Gasteiger partial charge is 0.492 e. The number of para-hydroxylation sites is 1. The van der Waals surface area contributed by atoms with Crippen LogP contribution in [0.4, 0.5) is 5.69 Å². The van der Waals surface area contributed by atoms with Gasteiger partial charge in [0.2, 0.25) is 5.88 Å². The van der Waals surface area contributed by atoms with Crippen LogP contribution in [0.2, 0.25) is 0 Å². The van der Waals surface area contributed by atoms with E-state index < -0.39 is 0 Å². The minimum atomic E-state index is -0.376. The van der Waals surface area contributed by atoms with Crippen molar-refractivity contribution in [3.8, 4) is 5.88 Å². The van der Waals surface area contributed by atoms with Gasteiger partial charge in [-0.1, -0.05) is 41.7 Å². The van der Waals surface area contributed by atoms with Crippen LogP contribution in [0.15, 0.2) is 58.0 Å². The first-order valence-electron chi connectivity index (χ1n) is 7.90. The van der Waals surface area contributed by atoms with Crippen LogP contribution in [0.25, 0.3) is 11.6 Å². The number of aromatic nitrogens is 1. The lowest BCUT2D eigenvalue weighted by molar-refractivity contribution is 0.100. The fraction of sp³-hybridized carbons (Fsp3) is 0. The third-order valence-electron chi connectivity index (χ3n) is 3.99. The fourth-order valence-corrected chi connectivity index (χ4v) is 4.32. The number of halogens is 1. The monoisotopic (exact) mass is 457 g/mol. The molecular formula is C19H12BrN3O2S2. The number of carbonyl (C=O) groups excluding carboxylic acids is 1. The second-order valence-electron chi connectivity index (χ2n) is 5.69. The molecule has 0 radical (unpaired) electrons. The third-order valence-corrected chi connectivity index (χ3v) is 5.99. The van der Waals surface area contributed by atoms with Crippen LogP contribution < -0.4 is 5.43 Å². The number of nitrogens with one attached hydrogen (secondary N) is 1. The van der Waals surface area contributed by atoms with Gasteiger partial charge in [0.15, 0.2) is 3.95 Å². The molecular weight excluding hydrogens is 446 g/mol. The predicted octanol–water partition coefficient (Wildman–Crippen LogP) is 5.39. The molecule has 2 aromatic carbocycles. The smallest absolute Gasteiger partial charge is 0.271 e. The van der Waals surface area contributed by atoms with Gasteiger partial charge in [0.05, 0.1) is 16.1 Å². The molecule has 0 spiro atoms. The highest BCUT2D eigenvalue weighted by Gasteiger charge is 2.17. The number of allylic oxidation sites excluding steroid dienone is 1. The molecule has 27 heavy (non-hydrogen) atoms. The Morgan fingerprint density at radius 1 is 1.22 bits per heavy atom. The van der Waals surface area contributed by atoms with Crippen molar-refractivity contribution in [2.45, 2.75) is 0 Å². The molecule has 3 aromatic rings. The Labute approximate surface area is 172 Å². The third kappa shape index (κ3) is 3.39. The summed E-state index contributed by atoms with van der Waals surface area (Å²) in [4.78, 5) is 17.4. The van der Waals surface area contributed by atoms with E-state index in [9.17, 15) is 9.90 Å². The molecule has 1 amide bonds. The lowest BCUT2D eigenvalue weighted by atomic mass is 10.1. The van der Waals surface area contributed by atoms with E-state index in [1.54, 1.807) is 24.4 Å². The van der Waals surface area contributed by atoms with Gasteiger partial charge in [-0.2, -0.15) is 4.68 Å². The molecule has 1 aliphatic rings. The molecule has 0 bridgehead atoms. The molecule has 0 unspecified atom stereocenters. The maximum absolute atomic E-state index is 12.5. The van der Waals surface area contributed by atoms with Gasteiger partial charge in [-0.25, -0.2) is 0 Å². The molecule has 0 saturated carbocycles. The number of hydrogen-bond acceptors (Lipinski definition) is 5. The van der Waals surface area contributed by atoms with Gasteiger partial charge in [-0.05, 0) is 52.4 Å². The molecule has 134 valence electrons. The second kappa shape index (κ2) is 7.22. The van der Waals surface area contributed by atoms with Gasteiger partial charge >= 0.3 is 0 Å². The summed E-state index contributed by atoms with van der Waals surface area (Å²) in [5.74, 6) is -0.491. The fourth-order valence-electron chi connectivity index (χ4n) is 2.68. The Morgan fingerprint density at radius 3 is 2.78 bits per heavy atom. The summed E-state index contributed by atoms with van der Waals surface area (Å²) >= 11 is 9.87. The number of hydrogen-bond donors (Lipinski definition) is 2. The molecule has 0 aliphatic carbocycles. The topological polar surface area (TPSA) is 66.6 Å². The molecule has 0 atom stereocenters. The van der Waals surface area contributed by atoms with Crippen molar-refractivity contribution in [2.24, 2.45) is 4.99 Å². The molecule has 2 N–H and O–H groups in total. The average molecular weight is 458 g/mol. The molecule has 4 rings (SSSR count). The van der Waals surface area contributed by atoms with Gasteiger partial charge in [0.1, 0.15) is 0 Å². The Morgan fingerprint density at radius 2 is 1.96 bits per heavy atom. The highest BCUT2D eigenvalue weighted by atomic mass is 79.9. The van der Waals surface area contributed by atoms with Gasteiger partial charge in [0, 0.05) is 21.8 Å². The molecule has 8 heteroatoms. The number of rotatable bonds is 3. The lowest BCUT2D eigenvalue weighted by Gasteiger charge is -2.08. The van der Waals surface area contributed by atoms with Crippen LogP contribution in [0.3, 0.4) is 0 Å². The summed E-state index contributed by atoms with van der Waals surface area (Å²) in [6.07, 6.45) is 3.56. The van der Waals surface area contributed by atoms with E-state index in [-0.39, 0.29) is 11.8 Å². The maximum Gasteiger partial charge on any atom is 0.271 e. The van der Waals surface area contributed by atoms with E-state index >= 15 is 0 Å². The van der Waals surface area contributed by atoms with Gasteiger partial charge < -0.3 is 5.11 Å². The normalized spacial score (nSPS) is 13.7. The minimum Gasteiger partial charge on any atom is -0.492 e. The first kappa shape index (κ1) is 17.8. The van der Waals surface area contributed by atoms with Crippen molar-refractivity contribution in [1.82, 2.24) is 4.68 Å². The van der Waals surface area contributed by atoms with Crippen LogP contribution in [0, 0.1) is 3.95 Å². The van der Waals surface area contributed by atoms with Crippen molar-refractivity contribution >= 4 is 68.9 Å². The van der Waals surface area contributed by atoms with Crippen molar-refractivity contribution < 1.29 is 9.90 Å². The predicted molar refractivity (Wildman–Crippen MR) is 115 cm³/mol. The van der Waals surface area contributed by atoms with Crippen molar-refractivity contribution in [2.75, 3.05) is 5.43 Å². The van der Waals surface area contributed by atoms with Crippen molar-refractivity contribution in [3.05, 3.63) is 73.0 Å². The summed E-state index contributed by atoms with van der Waals surface area (Å²) in [6, 6.07) is 14.8. The van der Waals surface area contributed by atoms with Gasteiger partial charge in [0.25, 0.3) is 5.91 Å². The first-order chi connectivity index (χ1) is 13.0. The first-order valence-corrected chi connectivity index (χ1v) is 9.92. The Bertz CT molecular complexity index is 1180. The van der Waals surface area contributed by atoms with E-state index in [1.165, 1.54) is 16.0 Å². The zero-order valence-electron chi connectivity index (χ0n) is 13.7. The van der Waals surface area contributed by atoms with E-state index in [1.807, 2.05) is 36.4 Å². The van der Waals surface area contributed by atoms with Crippen LogP contribution in [0.5, 0.6) is 5.88 Å². The molecule has 0 fully saturated rings. The van der Waals surface area contributed by atoms with E-state index in [2.05, 4.69) is 26.3 Å². The van der Waals surface area contributed by atoms with Gasteiger partial charge in [-0.3, -0.25) is 15.2 Å².